The van der Waals surface area contributed by atoms with Crippen LogP contribution >= 0.6 is 0 Å². The van der Waals surface area contributed by atoms with Gasteiger partial charge in [0.05, 0.1) is 18.4 Å². The SMILES string of the molecule is COC(=O)c1ccc2c(c1)N(CC(=O)N(C)C)C(=O)CO2. The zero-order chi connectivity index (χ0) is 15.6. The molecule has 7 heteroatoms. The lowest BCUT2D eigenvalue weighted by Gasteiger charge is -2.29. The van der Waals surface area contributed by atoms with Crippen LogP contribution in [0.4, 0.5) is 5.69 Å². The van der Waals surface area contributed by atoms with Gasteiger partial charge in [-0.25, -0.2) is 4.79 Å². The first-order chi connectivity index (χ1) is 9.93. The highest BCUT2D eigenvalue weighted by Gasteiger charge is 2.28. The number of hydrogen-bond donors (Lipinski definition) is 0. The van der Waals surface area contributed by atoms with E-state index in [2.05, 4.69) is 4.74 Å². The highest BCUT2D eigenvalue weighted by molar-refractivity contribution is 6.03. The maximum absolute atomic E-state index is 12.0. The van der Waals surface area contributed by atoms with Crippen molar-refractivity contribution in [3.63, 3.8) is 0 Å². The molecule has 0 saturated heterocycles. The molecule has 21 heavy (non-hydrogen) atoms. The Morgan fingerprint density at radius 3 is 2.71 bits per heavy atom. The Bertz CT molecular complexity index is 597. The molecule has 1 aliphatic heterocycles. The van der Waals surface area contributed by atoms with Crippen molar-refractivity contribution in [1.82, 2.24) is 4.90 Å². The molecule has 1 aliphatic rings. The number of carbonyl (C=O) groups is 3. The van der Waals surface area contributed by atoms with Gasteiger partial charge in [-0.1, -0.05) is 0 Å². The fourth-order valence-corrected chi connectivity index (χ4v) is 1.90. The largest absolute Gasteiger partial charge is 0.482 e. The molecule has 2 amide bonds. The zero-order valence-corrected chi connectivity index (χ0v) is 12.1. The van der Waals surface area contributed by atoms with Crippen molar-refractivity contribution in [2.45, 2.75) is 0 Å². The van der Waals surface area contributed by atoms with E-state index in [1.165, 1.54) is 23.0 Å². The summed E-state index contributed by atoms with van der Waals surface area (Å²) in [6.45, 7) is -0.238. The number of methoxy groups -OCH3 is 1. The highest BCUT2D eigenvalue weighted by atomic mass is 16.5. The Morgan fingerprint density at radius 2 is 2.10 bits per heavy atom. The van der Waals surface area contributed by atoms with Crippen LogP contribution in [0.5, 0.6) is 5.75 Å². The topological polar surface area (TPSA) is 76.2 Å². The number of ether oxygens (including phenoxy) is 2. The first-order valence-electron chi connectivity index (χ1n) is 6.29. The summed E-state index contributed by atoms with van der Waals surface area (Å²) in [5.41, 5.74) is 0.682. The van der Waals surface area contributed by atoms with Crippen LogP contribution in [0, 0.1) is 0 Å². The molecule has 0 atom stereocenters. The molecule has 0 aromatic heterocycles. The van der Waals surface area contributed by atoms with Crippen LogP contribution in [-0.2, 0) is 14.3 Å². The van der Waals surface area contributed by atoms with Crippen molar-refractivity contribution in [3.8, 4) is 5.75 Å². The predicted octanol–water partition coefficient (Wildman–Crippen LogP) is 0.287. The van der Waals surface area contributed by atoms with Crippen LogP contribution in [0.25, 0.3) is 0 Å². The number of nitrogens with zero attached hydrogens (tertiary/aromatic N) is 2. The van der Waals surface area contributed by atoms with Crippen molar-refractivity contribution in [1.29, 1.82) is 0 Å². The average molecular weight is 292 g/mol. The van der Waals surface area contributed by atoms with E-state index >= 15 is 0 Å². The number of amides is 2. The molecule has 0 N–H and O–H groups in total. The number of rotatable bonds is 3. The molecule has 0 spiro atoms. The van der Waals surface area contributed by atoms with Gasteiger partial charge >= 0.3 is 5.97 Å². The third-order valence-corrected chi connectivity index (χ3v) is 3.12. The fraction of sp³-hybridized carbons (Fsp3) is 0.357. The van der Waals surface area contributed by atoms with Crippen LogP contribution < -0.4 is 9.64 Å². The van der Waals surface area contributed by atoms with Gasteiger partial charge in [0.2, 0.25) is 5.91 Å². The van der Waals surface area contributed by atoms with E-state index in [4.69, 9.17) is 4.74 Å². The van der Waals surface area contributed by atoms with E-state index in [0.29, 0.717) is 11.4 Å². The second kappa shape index (κ2) is 5.82. The van der Waals surface area contributed by atoms with Crippen molar-refractivity contribution in [3.05, 3.63) is 23.8 Å². The van der Waals surface area contributed by atoms with Crippen LogP contribution in [0.1, 0.15) is 10.4 Å². The second-order valence-corrected chi connectivity index (χ2v) is 4.73. The summed E-state index contributed by atoms with van der Waals surface area (Å²) in [6.07, 6.45) is 0. The molecule has 0 saturated carbocycles. The Hall–Kier alpha value is -2.57. The molecule has 0 radical (unpaired) electrons. The van der Waals surface area contributed by atoms with E-state index in [1.807, 2.05) is 0 Å². The number of anilines is 1. The summed E-state index contributed by atoms with van der Waals surface area (Å²) in [5.74, 6) is -0.622. The van der Waals surface area contributed by atoms with E-state index in [0.717, 1.165) is 0 Å². The van der Waals surface area contributed by atoms with Crippen LogP contribution in [0.2, 0.25) is 0 Å². The third-order valence-electron chi connectivity index (χ3n) is 3.12. The van der Waals surface area contributed by atoms with Gasteiger partial charge < -0.3 is 14.4 Å². The average Bonchev–Trinajstić information content (AvgIpc) is 2.48. The number of esters is 1. The Kier molecular flexibility index (Phi) is 4.11. The summed E-state index contributed by atoms with van der Waals surface area (Å²) in [7, 11) is 4.49. The molecule has 112 valence electrons. The van der Waals surface area contributed by atoms with Gasteiger partial charge in [-0.3, -0.25) is 14.5 Å². The van der Waals surface area contributed by atoms with Gasteiger partial charge in [0.25, 0.3) is 5.91 Å². The van der Waals surface area contributed by atoms with Crippen molar-refractivity contribution in [2.75, 3.05) is 39.3 Å². The standard InChI is InChI=1S/C14H16N2O5/c1-15(2)12(17)7-16-10-6-9(14(19)20-3)4-5-11(10)21-8-13(16)18/h4-6H,7-8H2,1-3H3. The van der Waals surface area contributed by atoms with Crippen LogP contribution in [0.3, 0.4) is 0 Å². The summed E-state index contributed by atoms with van der Waals surface area (Å²) in [5, 5.41) is 0. The lowest BCUT2D eigenvalue weighted by Crippen LogP contribution is -2.44. The van der Waals surface area contributed by atoms with Gasteiger partial charge in [-0.2, -0.15) is 0 Å². The van der Waals surface area contributed by atoms with Gasteiger partial charge in [-0.05, 0) is 18.2 Å². The van der Waals surface area contributed by atoms with E-state index in [1.54, 1.807) is 26.2 Å². The first-order valence-corrected chi connectivity index (χ1v) is 6.29. The molecule has 0 bridgehead atoms. The Balaban J connectivity index is 2.38. The maximum Gasteiger partial charge on any atom is 0.337 e. The predicted molar refractivity (Wildman–Crippen MR) is 74.3 cm³/mol. The lowest BCUT2D eigenvalue weighted by molar-refractivity contribution is -0.130. The molecule has 1 aromatic carbocycles. The van der Waals surface area contributed by atoms with Gasteiger partial charge in [-0.15, -0.1) is 0 Å². The number of carbonyl (C=O) groups excluding carboxylic acids is 3. The van der Waals surface area contributed by atoms with Crippen LogP contribution in [-0.4, -0.2) is 57.0 Å². The maximum atomic E-state index is 12.0. The van der Waals surface area contributed by atoms with Gasteiger partial charge in [0, 0.05) is 14.1 Å². The lowest BCUT2D eigenvalue weighted by atomic mass is 10.1. The molecule has 7 nitrogen and oxygen atoms in total. The molecule has 2 rings (SSSR count). The number of benzene rings is 1. The molecule has 0 unspecified atom stereocenters. The summed E-state index contributed by atoms with van der Waals surface area (Å²) >= 11 is 0. The van der Waals surface area contributed by atoms with Gasteiger partial charge in [0.15, 0.2) is 6.61 Å². The van der Waals surface area contributed by atoms with Crippen molar-refractivity contribution in [2.24, 2.45) is 0 Å². The summed E-state index contributed by atoms with van der Waals surface area (Å²) < 4.78 is 9.96. The molecule has 0 fully saturated rings. The normalized spacial score (nSPS) is 13.3. The van der Waals surface area contributed by atoms with E-state index in [-0.39, 0.29) is 30.5 Å². The molecule has 1 heterocycles. The smallest absolute Gasteiger partial charge is 0.337 e. The highest BCUT2D eigenvalue weighted by Crippen LogP contribution is 2.33. The molecular weight excluding hydrogens is 276 g/mol. The minimum Gasteiger partial charge on any atom is -0.482 e. The number of fused-ring (bicyclic) bond motifs is 1. The number of likely N-dealkylation sites (N-methyl/N-ethyl adjacent to an activating group) is 1. The zero-order valence-electron chi connectivity index (χ0n) is 12.1. The first kappa shape index (κ1) is 14.8. The van der Waals surface area contributed by atoms with Crippen molar-refractivity contribution >= 4 is 23.5 Å². The summed E-state index contributed by atoms with van der Waals surface area (Å²) in [6, 6.07) is 4.62. The quantitative estimate of drug-likeness (QED) is 0.748. The van der Waals surface area contributed by atoms with Crippen molar-refractivity contribution < 1.29 is 23.9 Å². The van der Waals surface area contributed by atoms with Gasteiger partial charge in [0.1, 0.15) is 12.3 Å². The van der Waals surface area contributed by atoms with E-state index in [9.17, 15) is 14.4 Å². The monoisotopic (exact) mass is 292 g/mol. The molecule has 1 aromatic rings. The Labute approximate surface area is 122 Å². The van der Waals surface area contributed by atoms with E-state index < -0.39 is 5.97 Å². The number of hydrogen-bond acceptors (Lipinski definition) is 5. The third kappa shape index (κ3) is 2.96. The summed E-state index contributed by atoms with van der Waals surface area (Å²) in [4.78, 5) is 38.1. The fourth-order valence-electron chi connectivity index (χ4n) is 1.90. The molecule has 0 aliphatic carbocycles. The molecular formula is C14H16N2O5. The minimum absolute atomic E-state index is 0.104. The second-order valence-electron chi connectivity index (χ2n) is 4.73. The minimum atomic E-state index is -0.519. The Morgan fingerprint density at radius 1 is 1.38 bits per heavy atom. The van der Waals surface area contributed by atoms with Crippen LogP contribution in [0.15, 0.2) is 18.2 Å².